The molecule has 9 nitrogen and oxygen atoms in total. The molecule has 0 unspecified atom stereocenters. The van der Waals surface area contributed by atoms with E-state index in [-0.39, 0.29) is 28.9 Å². The maximum absolute atomic E-state index is 14.6. The second-order valence-electron chi connectivity index (χ2n) is 8.60. The third kappa shape index (κ3) is 6.25. The minimum absolute atomic E-state index is 0.103. The van der Waals surface area contributed by atoms with Crippen LogP contribution in [0.25, 0.3) is 5.52 Å². The van der Waals surface area contributed by atoms with Gasteiger partial charge >= 0.3 is 0 Å². The molecule has 1 fully saturated rings. The SMILES string of the molecule is CNC(=O)c1cnc(OC)c(NCC#Cc2nn3c(N[C@@H]4CCN(C)C[C@@H]4F)cccc3c2SC(F)F)c1. The predicted octanol–water partition coefficient (Wildman–Crippen LogP) is 3.33. The highest BCUT2D eigenvalue weighted by Crippen LogP contribution is 2.33. The summed E-state index contributed by atoms with van der Waals surface area (Å²) in [7, 11) is 4.83. The van der Waals surface area contributed by atoms with E-state index in [1.807, 2.05) is 11.9 Å². The Labute approximate surface area is 222 Å². The quantitative estimate of drug-likeness (QED) is 0.292. The molecule has 3 aromatic heterocycles. The number of thioether (sulfide) groups is 1. The standard InChI is InChI=1S/C25H28F3N7O2S/c1-29-23(36)15-12-19(24(37-3)31-13-15)30-10-5-6-18-22(38-25(27)28)20-7-4-8-21(35(20)33-18)32-17-9-11-34(2)14-16(17)26/h4,7-8,12-13,16-17,25,30,32H,9-11,14H2,1-3H3,(H,29,36)/t16-,17+/m0/s1. The zero-order valence-electron chi connectivity index (χ0n) is 21.1. The average Bonchev–Trinajstić information content (AvgIpc) is 3.25. The Morgan fingerprint density at radius 2 is 2.18 bits per heavy atom. The summed E-state index contributed by atoms with van der Waals surface area (Å²) in [5, 5.41) is 13.2. The topological polar surface area (TPSA) is 95.8 Å². The van der Waals surface area contributed by atoms with Gasteiger partial charge in [-0.2, -0.15) is 13.9 Å². The van der Waals surface area contributed by atoms with Crippen LogP contribution in [0.15, 0.2) is 35.4 Å². The van der Waals surface area contributed by atoms with E-state index in [0.717, 1.165) is 6.54 Å². The number of aromatic nitrogens is 3. The van der Waals surface area contributed by atoms with Gasteiger partial charge in [0.2, 0.25) is 5.88 Å². The number of halogens is 3. The Morgan fingerprint density at radius 1 is 1.37 bits per heavy atom. The Hall–Kier alpha value is -3.63. The van der Waals surface area contributed by atoms with Crippen LogP contribution < -0.4 is 20.7 Å². The minimum Gasteiger partial charge on any atom is -0.480 e. The highest BCUT2D eigenvalue weighted by atomic mass is 32.2. The van der Waals surface area contributed by atoms with Gasteiger partial charge in [-0.1, -0.05) is 23.7 Å². The van der Waals surface area contributed by atoms with Crippen LogP contribution in [0, 0.1) is 11.8 Å². The molecule has 3 N–H and O–H groups in total. The molecule has 202 valence electrons. The molecule has 1 saturated heterocycles. The van der Waals surface area contributed by atoms with Gasteiger partial charge < -0.3 is 25.6 Å². The number of ether oxygens (including phenoxy) is 1. The number of nitrogens with zero attached hydrogens (tertiary/aromatic N) is 4. The highest BCUT2D eigenvalue weighted by molar-refractivity contribution is 7.99. The second-order valence-corrected chi connectivity index (χ2v) is 9.60. The molecule has 1 amide bonds. The van der Waals surface area contributed by atoms with Gasteiger partial charge in [-0.05, 0) is 37.6 Å². The molecule has 4 heterocycles. The Bertz CT molecular complexity index is 1360. The Kier molecular flexibility index (Phi) is 8.85. The van der Waals surface area contributed by atoms with Crippen molar-refractivity contribution < 1.29 is 22.7 Å². The van der Waals surface area contributed by atoms with Crippen molar-refractivity contribution >= 4 is 34.7 Å². The van der Waals surface area contributed by atoms with Crippen molar-refractivity contribution in [3.05, 3.63) is 41.7 Å². The fourth-order valence-corrected chi connectivity index (χ4v) is 4.79. The number of nitrogens with one attached hydrogen (secondary N) is 3. The number of likely N-dealkylation sites (tertiary alicyclic amines) is 1. The van der Waals surface area contributed by atoms with E-state index < -0.39 is 18.0 Å². The first-order valence-electron chi connectivity index (χ1n) is 11.8. The highest BCUT2D eigenvalue weighted by Gasteiger charge is 2.28. The predicted molar refractivity (Wildman–Crippen MR) is 141 cm³/mol. The monoisotopic (exact) mass is 547 g/mol. The lowest BCUT2D eigenvalue weighted by molar-refractivity contribution is 0.0962. The molecule has 1 aliphatic heterocycles. The van der Waals surface area contributed by atoms with Crippen LogP contribution >= 0.6 is 11.8 Å². The van der Waals surface area contributed by atoms with E-state index in [0.29, 0.717) is 47.3 Å². The summed E-state index contributed by atoms with van der Waals surface area (Å²) in [5.74, 6) is 3.54. The zero-order chi connectivity index (χ0) is 27.2. The van der Waals surface area contributed by atoms with E-state index in [4.69, 9.17) is 4.74 Å². The summed E-state index contributed by atoms with van der Waals surface area (Å²) in [6.45, 7) is 1.16. The summed E-state index contributed by atoms with van der Waals surface area (Å²) in [6, 6.07) is 6.29. The first kappa shape index (κ1) is 27.4. The summed E-state index contributed by atoms with van der Waals surface area (Å²) in [6.07, 6.45) is 0.917. The van der Waals surface area contributed by atoms with E-state index in [1.54, 1.807) is 24.3 Å². The number of alkyl halides is 3. The fraction of sp³-hybridized carbons (Fsp3) is 0.400. The van der Waals surface area contributed by atoms with E-state index in [1.165, 1.54) is 24.9 Å². The molecule has 38 heavy (non-hydrogen) atoms. The lowest BCUT2D eigenvalue weighted by Crippen LogP contribution is -2.46. The number of fused-ring (bicyclic) bond motifs is 1. The fourth-order valence-electron chi connectivity index (χ4n) is 4.13. The summed E-state index contributed by atoms with van der Waals surface area (Å²) in [5.41, 5.74) is 1.41. The number of methoxy groups -OCH3 is 1. The number of piperidine rings is 1. The second kappa shape index (κ2) is 12.3. The van der Waals surface area contributed by atoms with Crippen molar-refractivity contribution in [2.45, 2.75) is 29.3 Å². The summed E-state index contributed by atoms with van der Waals surface area (Å²) < 4.78 is 48.2. The van der Waals surface area contributed by atoms with Crippen LogP contribution in [0.2, 0.25) is 0 Å². The molecule has 4 rings (SSSR count). The van der Waals surface area contributed by atoms with E-state index in [9.17, 15) is 18.0 Å². The average molecular weight is 548 g/mol. The first-order chi connectivity index (χ1) is 18.3. The van der Waals surface area contributed by atoms with Crippen LogP contribution in [0.5, 0.6) is 5.88 Å². The Balaban J connectivity index is 1.59. The van der Waals surface area contributed by atoms with E-state index >= 15 is 0 Å². The van der Waals surface area contributed by atoms with E-state index in [2.05, 4.69) is 37.9 Å². The minimum atomic E-state index is -2.68. The molecule has 0 bridgehead atoms. The van der Waals surface area contributed by atoms with Crippen molar-refractivity contribution in [3.63, 3.8) is 0 Å². The number of carbonyl (C=O) groups excluding carboxylic acids is 1. The molecule has 2 atom stereocenters. The lowest BCUT2D eigenvalue weighted by atomic mass is 10.0. The first-order valence-corrected chi connectivity index (χ1v) is 12.7. The number of hydrogen-bond acceptors (Lipinski definition) is 8. The zero-order valence-corrected chi connectivity index (χ0v) is 21.9. The number of pyridine rings is 2. The molecule has 13 heteroatoms. The van der Waals surface area contributed by atoms with Crippen LogP contribution in [-0.4, -0.2) is 84.2 Å². The maximum Gasteiger partial charge on any atom is 0.289 e. The van der Waals surface area contributed by atoms with Gasteiger partial charge in [-0.3, -0.25) is 4.79 Å². The molecular formula is C25H28F3N7O2S. The summed E-state index contributed by atoms with van der Waals surface area (Å²) in [4.78, 5) is 18.2. The van der Waals surface area contributed by atoms with Gasteiger partial charge in [-0.15, -0.1) is 0 Å². The van der Waals surface area contributed by atoms with Gasteiger partial charge in [0, 0.05) is 26.3 Å². The number of rotatable bonds is 8. The maximum atomic E-state index is 14.6. The molecule has 1 aliphatic rings. The Morgan fingerprint density at radius 3 is 2.89 bits per heavy atom. The lowest BCUT2D eigenvalue weighted by Gasteiger charge is -2.33. The summed E-state index contributed by atoms with van der Waals surface area (Å²) >= 11 is 0.362. The normalized spacial score (nSPS) is 17.7. The van der Waals surface area contributed by atoms with Gasteiger partial charge in [0.1, 0.15) is 17.7 Å². The van der Waals surface area contributed by atoms with Crippen LogP contribution in [-0.2, 0) is 0 Å². The molecule has 0 aromatic carbocycles. The number of anilines is 2. The third-order valence-corrected chi connectivity index (χ3v) is 6.82. The number of amides is 1. The molecule has 0 spiro atoms. The largest absolute Gasteiger partial charge is 0.480 e. The molecular weight excluding hydrogens is 519 g/mol. The third-order valence-electron chi connectivity index (χ3n) is 6.00. The van der Waals surface area contributed by atoms with Gasteiger partial charge in [0.05, 0.1) is 41.4 Å². The number of carbonyl (C=O) groups is 1. The molecule has 0 aliphatic carbocycles. The molecule has 0 saturated carbocycles. The smallest absolute Gasteiger partial charge is 0.289 e. The van der Waals surface area contributed by atoms with Crippen molar-refractivity contribution in [1.82, 2.24) is 24.8 Å². The molecule has 3 aromatic rings. The van der Waals surface area contributed by atoms with Crippen molar-refractivity contribution in [2.75, 3.05) is 51.5 Å². The van der Waals surface area contributed by atoms with Crippen LogP contribution in [0.1, 0.15) is 22.5 Å². The van der Waals surface area contributed by atoms with Crippen LogP contribution in [0.4, 0.5) is 24.7 Å². The van der Waals surface area contributed by atoms with Crippen molar-refractivity contribution in [3.8, 4) is 17.7 Å². The van der Waals surface area contributed by atoms with Crippen LogP contribution in [0.3, 0.4) is 0 Å². The number of hydrogen-bond donors (Lipinski definition) is 3. The van der Waals surface area contributed by atoms with Crippen molar-refractivity contribution in [1.29, 1.82) is 0 Å². The van der Waals surface area contributed by atoms with Crippen molar-refractivity contribution in [2.24, 2.45) is 0 Å². The van der Waals surface area contributed by atoms with Gasteiger partial charge in [-0.25, -0.2) is 13.9 Å². The van der Waals surface area contributed by atoms with Gasteiger partial charge in [0.25, 0.3) is 11.7 Å². The van der Waals surface area contributed by atoms with Gasteiger partial charge in [0.15, 0.2) is 0 Å². The molecule has 0 radical (unpaired) electrons.